The van der Waals surface area contributed by atoms with Crippen molar-refractivity contribution in [3.8, 4) is 11.8 Å². The van der Waals surface area contributed by atoms with Crippen molar-refractivity contribution in [2.24, 2.45) is 0 Å². The van der Waals surface area contributed by atoms with Gasteiger partial charge in [0.15, 0.2) is 0 Å². The van der Waals surface area contributed by atoms with Crippen LogP contribution in [0.5, 0.6) is 11.8 Å². The van der Waals surface area contributed by atoms with E-state index < -0.39 is 0 Å². The minimum atomic E-state index is -0.0515. The van der Waals surface area contributed by atoms with Crippen molar-refractivity contribution < 1.29 is 19.7 Å². The van der Waals surface area contributed by atoms with Gasteiger partial charge in [-0.2, -0.15) is 9.97 Å². The average molecular weight is 533 g/mol. The molecule has 2 aliphatic heterocycles. The monoisotopic (exact) mass is 532 g/mol. The van der Waals surface area contributed by atoms with E-state index in [-0.39, 0.29) is 18.3 Å². The zero-order valence-electron chi connectivity index (χ0n) is 22.4. The topological polar surface area (TPSA) is 106 Å². The Bertz CT molecular complexity index is 1340. The highest BCUT2D eigenvalue weighted by Crippen LogP contribution is 2.36. The predicted octanol–water partition coefficient (Wildman–Crippen LogP) is 2.04. The van der Waals surface area contributed by atoms with E-state index >= 15 is 0 Å². The van der Waals surface area contributed by atoms with Gasteiger partial charge in [0, 0.05) is 68.5 Å². The van der Waals surface area contributed by atoms with Gasteiger partial charge in [-0.3, -0.25) is 4.79 Å². The minimum Gasteiger partial charge on any atom is -0.508 e. The van der Waals surface area contributed by atoms with Crippen LogP contribution in [0.25, 0.3) is 10.8 Å². The van der Waals surface area contributed by atoms with Crippen molar-refractivity contribution >= 4 is 28.2 Å². The molecule has 206 valence electrons. The molecule has 0 radical (unpaired) electrons. The molecule has 3 heterocycles. The molecule has 0 atom stereocenters. The fourth-order valence-corrected chi connectivity index (χ4v) is 5.30. The van der Waals surface area contributed by atoms with E-state index in [9.17, 15) is 15.0 Å². The molecule has 5 rings (SSSR count). The summed E-state index contributed by atoms with van der Waals surface area (Å²) in [4.78, 5) is 30.1. The fraction of sp³-hybridized carbons (Fsp3) is 0.414. The van der Waals surface area contributed by atoms with Crippen molar-refractivity contribution in [2.75, 3.05) is 75.9 Å². The Kier molecular flexibility index (Phi) is 8.13. The normalized spacial score (nSPS) is 15.5. The molecule has 0 saturated carbocycles. The van der Waals surface area contributed by atoms with Gasteiger partial charge in [-0.15, -0.1) is 0 Å². The first-order valence-electron chi connectivity index (χ1n) is 13.4. The number of aliphatic hydroxyl groups excluding tert-OH is 1. The van der Waals surface area contributed by atoms with Crippen LogP contribution in [0.15, 0.2) is 49.1 Å². The molecule has 1 fully saturated rings. The van der Waals surface area contributed by atoms with Gasteiger partial charge in [-0.25, -0.2) is 0 Å². The molecule has 0 unspecified atom stereocenters. The number of phenolic OH excluding ortho intramolecular Hbond substituents is 1. The van der Waals surface area contributed by atoms with Crippen LogP contribution in [0, 0.1) is 0 Å². The quantitative estimate of drug-likeness (QED) is 0.401. The van der Waals surface area contributed by atoms with Crippen LogP contribution in [-0.2, 0) is 17.8 Å². The van der Waals surface area contributed by atoms with E-state index in [4.69, 9.17) is 14.7 Å². The first kappa shape index (κ1) is 26.7. The van der Waals surface area contributed by atoms with E-state index in [1.165, 1.54) is 6.08 Å². The first-order valence-corrected chi connectivity index (χ1v) is 13.4. The summed E-state index contributed by atoms with van der Waals surface area (Å²) in [6.45, 7) is 9.19. The number of anilines is 2. The number of rotatable bonds is 9. The number of hydrogen-bond donors (Lipinski definition) is 2. The second-order valence-corrected chi connectivity index (χ2v) is 10.0. The van der Waals surface area contributed by atoms with Crippen LogP contribution in [0.2, 0.25) is 0 Å². The lowest BCUT2D eigenvalue weighted by Crippen LogP contribution is -2.49. The maximum absolute atomic E-state index is 12.1. The summed E-state index contributed by atoms with van der Waals surface area (Å²) in [5, 5.41) is 21.7. The number of amides is 1. The molecule has 2 N–H and O–H groups in total. The van der Waals surface area contributed by atoms with Crippen LogP contribution in [0.4, 0.5) is 11.5 Å². The SMILES string of the molecule is C=CC(=O)N1CCN(c2nc(OCCN(C)CCO)nc3c2CCN(c2cc(O)cc4ccccc24)C3)CC1. The zero-order valence-corrected chi connectivity index (χ0v) is 22.4. The lowest BCUT2D eigenvalue weighted by atomic mass is 10.0. The molecular weight excluding hydrogens is 496 g/mol. The number of aromatic hydroxyl groups is 1. The second-order valence-electron chi connectivity index (χ2n) is 10.0. The number of benzene rings is 2. The van der Waals surface area contributed by atoms with E-state index in [2.05, 4.69) is 22.4 Å². The third-order valence-corrected chi connectivity index (χ3v) is 7.44. The Balaban J connectivity index is 1.43. The van der Waals surface area contributed by atoms with Gasteiger partial charge in [-0.1, -0.05) is 30.8 Å². The molecule has 10 heteroatoms. The van der Waals surface area contributed by atoms with Crippen molar-refractivity contribution in [3.05, 3.63) is 60.3 Å². The van der Waals surface area contributed by atoms with Crippen LogP contribution in [0.1, 0.15) is 11.3 Å². The van der Waals surface area contributed by atoms with Crippen molar-refractivity contribution in [1.82, 2.24) is 19.8 Å². The third-order valence-electron chi connectivity index (χ3n) is 7.44. The van der Waals surface area contributed by atoms with E-state index in [1.807, 2.05) is 36.2 Å². The molecule has 2 aromatic carbocycles. The fourth-order valence-electron chi connectivity index (χ4n) is 5.30. The number of phenols is 1. The molecular formula is C29H36N6O4. The van der Waals surface area contributed by atoms with Gasteiger partial charge in [0.1, 0.15) is 18.2 Å². The summed E-state index contributed by atoms with van der Waals surface area (Å²) in [5.41, 5.74) is 2.98. The first-order chi connectivity index (χ1) is 19.0. The highest BCUT2D eigenvalue weighted by molar-refractivity contribution is 5.95. The van der Waals surface area contributed by atoms with Crippen molar-refractivity contribution in [2.45, 2.75) is 13.0 Å². The molecule has 39 heavy (non-hydrogen) atoms. The van der Waals surface area contributed by atoms with E-state index in [0.717, 1.165) is 46.5 Å². The second kappa shape index (κ2) is 11.9. The molecule has 0 spiro atoms. The lowest BCUT2D eigenvalue weighted by Gasteiger charge is -2.38. The third kappa shape index (κ3) is 5.91. The molecule has 3 aromatic rings. The number of aliphatic hydroxyl groups is 1. The van der Waals surface area contributed by atoms with E-state index in [0.29, 0.717) is 58.4 Å². The molecule has 2 aliphatic rings. The minimum absolute atomic E-state index is 0.0515. The molecule has 10 nitrogen and oxygen atoms in total. The van der Waals surface area contributed by atoms with Gasteiger partial charge >= 0.3 is 6.01 Å². The van der Waals surface area contributed by atoms with Gasteiger partial charge in [-0.05, 0) is 31.0 Å². The standard InChI is InChI=1S/C29H36N6O4/c1-3-27(38)33-10-12-34(13-11-33)28-24-8-9-35(26-19-22(37)18-21-6-4-5-7-23(21)26)20-25(24)30-29(31-28)39-17-15-32(2)14-16-36/h3-7,18-19,36-37H,1,8-17,20H2,2H3. The summed E-state index contributed by atoms with van der Waals surface area (Å²) in [6.07, 6.45) is 2.11. The van der Waals surface area contributed by atoms with Crippen LogP contribution in [-0.4, -0.2) is 102 Å². The number of carbonyl (C=O) groups is 1. The highest BCUT2D eigenvalue weighted by atomic mass is 16.5. The van der Waals surface area contributed by atoms with Gasteiger partial charge in [0.25, 0.3) is 0 Å². The Hall–Kier alpha value is -3.89. The Morgan fingerprint density at radius 3 is 2.67 bits per heavy atom. The average Bonchev–Trinajstić information content (AvgIpc) is 2.95. The number of fused-ring (bicyclic) bond motifs is 2. The maximum Gasteiger partial charge on any atom is 0.318 e. The lowest BCUT2D eigenvalue weighted by molar-refractivity contribution is -0.126. The molecule has 0 aliphatic carbocycles. The Labute approximate surface area is 228 Å². The summed E-state index contributed by atoms with van der Waals surface area (Å²) < 4.78 is 6.02. The number of carbonyl (C=O) groups excluding carboxylic acids is 1. The molecule has 0 bridgehead atoms. The van der Waals surface area contributed by atoms with Gasteiger partial charge in [0.2, 0.25) is 5.91 Å². The largest absolute Gasteiger partial charge is 0.508 e. The summed E-state index contributed by atoms with van der Waals surface area (Å²) >= 11 is 0. The summed E-state index contributed by atoms with van der Waals surface area (Å²) in [6, 6.07) is 12.0. The van der Waals surface area contributed by atoms with Crippen LogP contribution >= 0.6 is 0 Å². The maximum atomic E-state index is 12.1. The Morgan fingerprint density at radius 2 is 1.90 bits per heavy atom. The van der Waals surface area contributed by atoms with E-state index in [1.54, 1.807) is 11.0 Å². The molecule has 1 aromatic heterocycles. The number of piperazine rings is 1. The van der Waals surface area contributed by atoms with Gasteiger partial charge in [0.05, 0.1) is 18.8 Å². The smallest absolute Gasteiger partial charge is 0.318 e. The van der Waals surface area contributed by atoms with Crippen LogP contribution in [0.3, 0.4) is 0 Å². The highest BCUT2D eigenvalue weighted by Gasteiger charge is 2.29. The molecule has 1 saturated heterocycles. The summed E-state index contributed by atoms with van der Waals surface area (Å²) in [5.74, 6) is 1.05. The van der Waals surface area contributed by atoms with Crippen LogP contribution < -0.4 is 14.5 Å². The molecule has 1 amide bonds. The zero-order chi connectivity index (χ0) is 27.4. The number of ether oxygens (including phenoxy) is 1. The van der Waals surface area contributed by atoms with Crippen molar-refractivity contribution in [3.63, 3.8) is 0 Å². The Morgan fingerprint density at radius 1 is 1.10 bits per heavy atom. The predicted molar refractivity (Wildman–Crippen MR) is 151 cm³/mol. The number of nitrogens with zero attached hydrogens (tertiary/aromatic N) is 6. The number of aromatic nitrogens is 2. The van der Waals surface area contributed by atoms with Gasteiger partial charge < -0.3 is 34.5 Å². The number of likely N-dealkylation sites (N-methyl/N-ethyl adjacent to an activating group) is 1. The van der Waals surface area contributed by atoms with Crippen molar-refractivity contribution in [1.29, 1.82) is 0 Å². The number of hydrogen-bond acceptors (Lipinski definition) is 9. The summed E-state index contributed by atoms with van der Waals surface area (Å²) in [7, 11) is 1.93.